The van der Waals surface area contributed by atoms with E-state index < -0.39 is 0 Å². The Bertz CT molecular complexity index is 763. The van der Waals surface area contributed by atoms with Crippen molar-refractivity contribution in [1.82, 2.24) is 10.2 Å². The Morgan fingerprint density at radius 1 is 1.08 bits per heavy atom. The van der Waals surface area contributed by atoms with Crippen LogP contribution in [0.3, 0.4) is 0 Å². The second-order valence-corrected chi connectivity index (χ2v) is 6.44. The molecule has 3 rings (SSSR count). The van der Waals surface area contributed by atoms with Gasteiger partial charge in [-0.25, -0.2) is 4.39 Å². The number of hydrogen-bond donors (Lipinski definition) is 1. The van der Waals surface area contributed by atoms with Gasteiger partial charge in [0.05, 0.1) is 11.8 Å². The SMILES string of the molecule is CN(Cc1ccccc1)C(=O)C1CC1C(=O)NCc1ccccc1F. The van der Waals surface area contributed by atoms with Crippen LogP contribution in [0.5, 0.6) is 0 Å². The Morgan fingerprint density at radius 2 is 1.76 bits per heavy atom. The lowest BCUT2D eigenvalue weighted by Crippen LogP contribution is -2.31. The van der Waals surface area contributed by atoms with Crippen molar-refractivity contribution in [3.8, 4) is 0 Å². The molecule has 4 nitrogen and oxygen atoms in total. The van der Waals surface area contributed by atoms with Gasteiger partial charge in [0, 0.05) is 25.7 Å². The molecule has 1 saturated carbocycles. The molecule has 2 atom stereocenters. The van der Waals surface area contributed by atoms with E-state index in [1.165, 1.54) is 6.07 Å². The number of nitrogens with zero attached hydrogens (tertiary/aromatic N) is 1. The Kier molecular flexibility index (Phi) is 5.12. The molecule has 5 heteroatoms. The number of carbonyl (C=O) groups is 2. The minimum Gasteiger partial charge on any atom is -0.352 e. The number of halogens is 1. The quantitative estimate of drug-likeness (QED) is 0.879. The number of benzene rings is 2. The van der Waals surface area contributed by atoms with Crippen LogP contribution in [0.1, 0.15) is 17.5 Å². The number of hydrogen-bond acceptors (Lipinski definition) is 2. The van der Waals surface area contributed by atoms with Gasteiger partial charge in [-0.1, -0.05) is 48.5 Å². The molecule has 2 amide bonds. The lowest BCUT2D eigenvalue weighted by Gasteiger charge is -2.17. The van der Waals surface area contributed by atoms with E-state index in [4.69, 9.17) is 0 Å². The molecule has 0 aromatic heterocycles. The summed E-state index contributed by atoms with van der Waals surface area (Å²) < 4.78 is 13.6. The first-order chi connectivity index (χ1) is 12.1. The van der Waals surface area contributed by atoms with Crippen molar-refractivity contribution in [2.75, 3.05) is 7.05 Å². The maximum absolute atomic E-state index is 13.6. The molecule has 0 spiro atoms. The molecule has 0 radical (unpaired) electrons. The maximum Gasteiger partial charge on any atom is 0.226 e. The van der Waals surface area contributed by atoms with E-state index in [1.54, 1.807) is 30.1 Å². The van der Waals surface area contributed by atoms with E-state index in [0.717, 1.165) is 5.56 Å². The predicted molar refractivity (Wildman–Crippen MR) is 92.8 cm³/mol. The summed E-state index contributed by atoms with van der Waals surface area (Å²) in [6, 6.07) is 16.1. The third kappa shape index (κ3) is 4.24. The van der Waals surface area contributed by atoms with Gasteiger partial charge in [-0.15, -0.1) is 0 Å². The fraction of sp³-hybridized carbons (Fsp3) is 0.300. The zero-order valence-corrected chi connectivity index (χ0v) is 14.1. The van der Waals surface area contributed by atoms with Crippen molar-refractivity contribution in [3.05, 3.63) is 71.5 Å². The summed E-state index contributed by atoms with van der Waals surface area (Å²) in [7, 11) is 1.75. The first kappa shape index (κ1) is 17.1. The second-order valence-electron chi connectivity index (χ2n) is 6.44. The van der Waals surface area contributed by atoms with Crippen LogP contribution in [-0.2, 0) is 22.7 Å². The highest BCUT2D eigenvalue weighted by molar-refractivity contribution is 5.92. The Morgan fingerprint density at radius 3 is 2.48 bits per heavy atom. The molecule has 1 aliphatic carbocycles. The van der Waals surface area contributed by atoms with Gasteiger partial charge in [-0.05, 0) is 18.1 Å². The smallest absolute Gasteiger partial charge is 0.226 e. The average Bonchev–Trinajstić information content (AvgIpc) is 3.42. The molecular weight excluding hydrogens is 319 g/mol. The monoisotopic (exact) mass is 340 g/mol. The van der Waals surface area contributed by atoms with Crippen LogP contribution in [0.4, 0.5) is 4.39 Å². The minimum absolute atomic E-state index is 0.0186. The van der Waals surface area contributed by atoms with Crippen LogP contribution in [-0.4, -0.2) is 23.8 Å². The van der Waals surface area contributed by atoms with Crippen LogP contribution in [0, 0.1) is 17.7 Å². The zero-order chi connectivity index (χ0) is 17.8. The van der Waals surface area contributed by atoms with E-state index in [0.29, 0.717) is 18.5 Å². The van der Waals surface area contributed by atoms with Crippen LogP contribution in [0.15, 0.2) is 54.6 Å². The molecule has 2 aromatic rings. The first-order valence-electron chi connectivity index (χ1n) is 8.36. The summed E-state index contributed by atoms with van der Waals surface area (Å²) in [6.45, 7) is 0.669. The molecule has 2 unspecified atom stereocenters. The second kappa shape index (κ2) is 7.47. The Balaban J connectivity index is 1.49. The molecule has 1 N–H and O–H groups in total. The molecule has 0 saturated heterocycles. The van der Waals surface area contributed by atoms with E-state index in [1.807, 2.05) is 30.3 Å². The van der Waals surface area contributed by atoms with Crippen molar-refractivity contribution in [3.63, 3.8) is 0 Å². The number of nitrogens with one attached hydrogen (secondary N) is 1. The molecule has 1 fully saturated rings. The molecule has 0 heterocycles. The summed E-state index contributed by atoms with van der Waals surface area (Å²) in [5.74, 6) is -1.12. The molecule has 130 valence electrons. The van der Waals surface area contributed by atoms with Gasteiger partial charge in [0.25, 0.3) is 0 Å². The van der Waals surface area contributed by atoms with Crippen LogP contribution in [0.2, 0.25) is 0 Å². The number of amides is 2. The summed E-state index contributed by atoms with van der Waals surface area (Å²) in [4.78, 5) is 26.3. The molecule has 2 aromatic carbocycles. The molecular formula is C20H21FN2O2. The Labute approximate surface area is 146 Å². The normalized spacial score (nSPS) is 18.5. The largest absolute Gasteiger partial charge is 0.352 e. The van der Waals surface area contributed by atoms with Gasteiger partial charge in [0.15, 0.2) is 0 Å². The summed E-state index contributed by atoms with van der Waals surface area (Å²) >= 11 is 0. The highest BCUT2D eigenvalue weighted by Gasteiger charge is 2.48. The standard InChI is InChI=1S/C20H21FN2O2/c1-23(13-14-7-3-2-4-8-14)20(25)17-11-16(17)19(24)22-12-15-9-5-6-10-18(15)21/h2-10,16-17H,11-13H2,1H3,(H,22,24). The van der Waals surface area contributed by atoms with E-state index in [2.05, 4.69) is 5.32 Å². The summed E-state index contributed by atoms with van der Waals surface area (Å²) in [5.41, 5.74) is 1.50. The van der Waals surface area contributed by atoms with Crippen molar-refractivity contribution < 1.29 is 14.0 Å². The van der Waals surface area contributed by atoms with E-state index in [-0.39, 0.29) is 36.0 Å². The minimum atomic E-state index is -0.339. The molecule has 0 bridgehead atoms. The fourth-order valence-corrected chi connectivity index (χ4v) is 2.93. The molecule has 1 aliphatic rings. The van der Waals surface area contributed by atoms with Crippen LogP contribution in [0.25, 0.3) is 0 Å². The zero-order valence-electron chi connectivity index (χ0n) is 14.1. The molecule has 0 aliphatic heterocycles. The number of rotatable bonds is 6. The maximum atomic E-state index is 13.6. The van der Waals surface area contributed by atoms with Gasteiger partial charge in [0.1, 0.15) is 5.82 Å². The third-order valence-corrected chi connectivity index (χ3v) is 4.49. The number of carbonyl (C=O) groups excluding carboxylic acids is 2. The van der Waals surface area contributed by atoms with Crippen LogP contribution < -0.4 is 5.32 Å². The predicted octanol–water partition coefficient (Wildman–Crippen LogP) is 2.74. The van der Waals surface area contributed by atoms with Gasteiger partial charge >= 0.3 is 0 Å². The summed E-state index contributed by atoms with van der Waals surface area (Å²) in [6.07, 6.45) is 0.557. The van der Waals surface area contributed by atoms with E-state index >= 15 is 0 Å². The summed E-state index contributed by atoms with van der Waals surface area (Å²) in [5, 5.41) is 2.73. The molecule has 25 heavy (non-hydrogen) atoms. The van der Waals surface area contributed by atoms with Crippen LogP contribution >= 0.6 is 0 Å². The van der Waals surface area contributed by atoms with Crippen molar-refractivity contribution >= 4 is 11.8 Å². The van der Waals surface area contributed by atoms with Crippen molar-refractivity contribution in [1.29, 1.82) is 0 Å². The van der Waals surface area contributed by atoms with Gasteiger partial charge in [-0.2, -0.15) is 0 Å². The van der Waals surface area contributed by atoms with Gasteiger partial charge < -0.3 is 10.2 Å². The van der Waals surface area contributed by atoms with Gasteiger partial charge in [0.2, 0.25) is 11.8 Å². The highest BCUT2D eigenvalue weighted by Crippen LogP contribution is 2.40. The average molecular weight is 340 g/mol. The van der Waals surface area contributed by atoms with Gasteiger partial charge in [-0.3, -0.25) is 9.59 Å². The first-order valence-corrected chi connectivity index (χ1v) is 8.36. The Hall–Kier alpha value is -2.69. The fourth-order valence-electron chi connectivity index (χ4n) is 2.93. The van der Waals surface area contributed by atoms with Crippen molar-refractivity contribution in [2.45, 2.75) is 19.5 Å². The van der Waals surface area contributed by atoms with Crippen molar-refractivity contribution in [2.24, 2.45) is 11.8 Å². The lowest BCUT2D eigenvalue weighted by molar-refractivity contribution is -0.134. The lowest BCUT2D eigenvalue weighted by atomic mass is 10.2. The van der Waals surface area contributed by atoms with E-state index in [9.17, 15) is 14.0 Å². The third-order valence-electron chi connectivity index (χ3n) is 4.49. The highest BCUT2D eigenvalue weighted by atomic mass is 19.1. The topological polar surface area (TPSA) is 49.4 Å².